The summed E-state index contributed by atoms with van der Waals surface area (Å²) in [4.78, 5) is 21.1. The molecule has 126 valence electrons. The number of hydrogen-bond acceptors (Lipinski definition) is 5. The first kappa shape index (κ1) is 15.3. The monoisotopic (exact) mass is 327 g/mol. The van der Waals surface area contributed by atoms with E-state index in [9.17, 15) is 9.90 Å². The molecule has 0 radical (unpaired) electrons. The molecule has 1 unspecified atom stereocenters. The highest BCUT2D eigenvalue weighted by Gasteiger charge is 2.37. The van der Waals surface area contributed by atoms with Crippen LogP contribution in [-0.2, 0) is 6.42 Å². The zero-order chi connectivity index (χ0) is 16.5. The largest absolute Gasteiger partial charge is 0.447 e. The predicted octanol–water partition coefficient (Wildman–Crippen LogP) is 2.06. The molecule has 0 aromatic carbocycles. The molecule has 0 bridgehead atoms. The van der Waals surface area contributed by atoms with Crippen LogP contribution >= 0.6 is 0 Å². The Morgan fingerprint density at radius 1 is 1.33 bits per heavy atom. The van der Waals surface area contributed by atoms with E-state index in [1.807, 2.05) is 18.2 Å². The predicted molar refractivity (Wildman–Crippen MR) is 86.4 cm³/mol. The highest BCUT2D eigenvalue weighted by molar-refractivity contribution is 5.93. The van der Waals surface area contributed by atoms with Gasteiger partial charge in [0.15, 0.2) is 12.1 Å². The molecule has 6 heteroatoms. The van der Waals surface area contributed by atoms with Crippen LogP contribution in [0.2, 0.25) is 0 Å². The second-order valence-corrected chi connectivity index (χ2v) is 6.83. The minimum atomic E-state index is -0.257. The Kier molecular flexibility index (Phi) is 4.06. The maximum atomic E-state index is 12.7. The van der Waals surface area contributed by atoms with Gasteiger partial charge < -0.3 is 14.8 Å². The fourth-order valence-corrected chi connectivity index (χ4v) is 3.34. The van der Waals surface area contributed by atoms with Crippen molar-refractivity contribution in [2.45, 2.75) is 50.2 Å². The molecular formula is C18H21N3O3. The van der Waals surface area contributed by atoms with Crippen molar-refractivity contribution in [2.24, 2.45) is 5.92 Å². The Hall–Kier alpha value is -2.21. The fourth-order valence-electron chi connectivity index (χ4n) is 3.34. The van der Waals surface area contributed by atoms with Crippen LogP contribution < -0.4 is 5.32 Å². The molecule has 2 heterocycles. The van der Waals surface area contributed by atoms with E-state index in [-0.39, 0.29) is 24.0 Å². The van der Waals surface area contributed by atoms with Gasteiger partial charge in [-0.3, -0.25) is 9.78 Å². The number of carbonyl (C=O) groups excluding carboxylic acids is 1. The summed E-state index contributed by atoms with van der Waals surface area (Å²) in [5.41, 5.74) is 1.34. The number of rotatable bonds is 6. The van der Waals surface area contributed by atoms with Crippen molar-refractivity contribution in [3.05, 3.63) is 47.9 Å². The van der Waals surface area contributed by atoms with Crippen LogP contribution in [0.5, 0.6) is 0 Å². The molecule has 1 atom stereocenters. The lowest BCUT2D eigenvalue weighted by Gasteiger charge is -2.38. The number of carbonyl (C=O) groups is 1. The Balaban J connectivity index is 1.48. The zero-order valence-electron chi connectivity index (χ0n) is 13.4. The molecule has 4 rings (SSSR count). The maximum absolute atomic E-state index is 12.7. The van der Waals surface area contributed by atoms with Crippen molar-refractivity contribution in [1.29, 1.82) is 0 Å². The number of aliphatic hydroxyl groups excluding tert-OH is 1. The van der Waals surface area contributed by atoms with Gasteiger partial charge in [-0.1, -0.05) is 6.07 Å². The number of hydrogen-bond donors (Lipinski definition) is 2. The van der Waals surface area contributed by atoms with Crippen LogP contribution in [0, 0.1) is 5.92 Å². The van der Waals surface area contributed by atoms with Gasteiger partial charge in [0.2, 0.25) is 0 Å². The molecule has 2 N–H and O–H groups in total. The lowest BCUT2D eigenvalue weighted by atomic mass is 9.76. The van der Waals surface area contributed by atoms with Gasteiger partial charge in [-0.25, -0.2) is 4.98 Å². The number of nitrogens with one attached hydrogen (secondary N) is 1. The van der Waals surface area contributed by atoms with E-state index >= 15 is 0 Å². The van der Waals surface area contributed by atoms with Gasteiger partial charge >= 0.3 is 0 Å². The molecule has 24 heavy (non-hydrogen) atoms. The molecule has 2 aliphatic rings. The maximum Gasteiger partial charge on any atom is 0.273 e. The van der Waals surface area contributed by atoms with E-state index < -0.39 is 0 Å². The van der Waals surface area contributed by atoms with E-state index in [1.54, 1.807) is 6.20 Å². The van der Waals surface area contributed by atoms with Crippen molar-refractivity contribution in [3.63, 3.8) is 0 Å². The molecule has 0 saturated heterocycles. The van der Waals surface area contributed by atoms with Crippen LogP contribution in [0.3, 0.4) is 0 Å². The standard InChI is InChI=1S/C18H21N3O3/c22-14-7-12(8-14)15(9-13-3-1-2-6-19-13)21-18(23)16-17(11-4-5-11)24-10-20-16/h1-3,6,10-12,14-15,22H,4-5,7-9H2,(H,21,23). The molecule has 2 saturated carbocycles. The van der Waals surface area contributed by atoms with E-state index in [0.717, 1.165) is 18.5 Å². The minimum Gasteiger partial charge on any atom is -0.447 e. The van der Waals surface area contributed by atoms with Gasteiger partial charge in [0.25, 0.3) is 5.91 Å². The number of oxazole rings is 1. The normalized spacial score (nSPS) is 24.2. The van der Waals surface area contributed by atoms with Crippen molar-refractivity contribution in [1.82, 2.24) is 15.3 Å². The van der Waals surface area contributed by atoms with Crippen LogP contribution in [-0.4, -0.2) is 33.1 Å². The third-order valence-electron chi connectivity index (χ3n) is 4.95. The summed E-state index contributed by atoms with van der Waals surface area (Å²) in [6.45, 7) is 0. The summed E-state index contributed by atoms with van der Waals surface area (Å²) in [5.74, 6) is 1.13. The third-order valence-corrected chi connectivity index (χ3v) is 4.95. The lowest BCUT2D eigenvalue weighted by Crippen LogP contribution is -2.48. The summed E-state index contributed by atoms with van der Waals surface area (Å²) in [5, 5.41) is 12.7. The quantitative estimate of drug-likeness (QED) is 0.848. The zero-order valence-corrected chi connectivity index (χ0v) is 13.4. The highest BCUT2D eigenvalue weighted by atomic mass is 16.3. The van der Waals surface area contributed by atoms with Crippen LogP contribution in [0.25, 0.3) is 0 Å². The molecule has 1 amide bonds. The van der Waals surface area contributed by atoms with Crippen molar-refractivity contribution >= 4 is 5.91 Å². The number of pyridine rings is 1. The van der Waals surface area contributed by atoms with Crippen molar-refractivity contribution < 1.29 is 14.3 Å². The molecule has 0 spiro atoms. The molecular weight excluding hydrogens is 306 g/mol. The SMILES string of the molecule is O=C(NC(Cc1ccccn1)C1CC(O)C1)c1ncoc1C1CC1. The summed E-state index contributed by atoms with van der Waals surface area (Å²) in [6, 6.07) is 5.72. The number of amides is 1. The first-order chi connectivity index (χ1) is 11.7. The molecule has 2 aromatic heterocycles. The summed E-state index contributed by atoms with van der Waals surface area (Å²) >= 11 is 0. The highest BCUT2D eigenvalue weighted by Crippen LogP contribution is 2.41. The van der Waals surface area contributed by atoms with Gasteiger partial charge in [-0.15, -0.1) is 0 Å². The number of nitrogens with zero attached hydrogens (tertiary/aromatic N) is 2. The Labute approximate surface area is 140 Å². The van der Waals surface area contributed by atoms with Crippen LogP contribution in [0.1, 0.15) is 53.5 Å². The summed E-state index contributed by atoms with van der Waals surface area (Å²) in [7, 11) is 0. The molecule has 6 nitrogen and oxygen atoms in total. The third kappa shape index (κ3) is 3.19. The molecule has 2 fully saturated rings. The minimum absolute atomic E-state index is 0.0560. The fraction of sp³-hybridized carbons (Fsp3) is 0.500. The Morgan fingerprint density at radius 3 is 2.83 bits per heavy atom. The topological polar surface area (TPSA) is 88.2 Å². The number of aromatic nitrogens is 2. The molecule has 2 aliphatic carbocycles. The van der Waals surface area contributed by atoms with Gasteiger partial charge in [-0.2, -0.15) is 0 Å². The van der Waals surface area contributed by atoms with Gasteiger partial charge in [0.05, 0.1) is 6.10 Å². The second kappa shape index (κ2) is 6.36. The van der Waals surface area contributed by atoms with Crippen molar-refractivity contribution in [2.75, 3.05) is 0 Å². The van der Waals surface area contributed by atoms with Crippen LogP contribution in [0.15, 0.2) is 35.2 Å². The van der Waals surface area contributed by atoms with Crippen molar-refractivity contribution in [3.8, 4) is 0 Å². The van der Waals surface area contributed by atoms with Gasteiger partial charge in [-0.05, 0) is 43.7 Å². The average molecular weight is 327 g/mol. The van der Waals surface area contributed by atoms with E-state index in [4.69, 9.17) is 4.42 Å². The van der Waals surface area contributed by atoms with Gasteiger partial charge in [0, 0.05) is 30.3 Å². The van der Waals surface area contributed by atoms with Gasteiger partial charge in [0.1, 0.15) is 5.76 Å². The smallest absolute Gasteiger partial charge is 0.273 e. The Morgan fingerprint density at radius 2 is 2.17 bits per heavy atom. The van der Waals surface area contributed by atoms with E-state index in [2.05, 4.69) is 15.3 Å². The average Bonchev–Trinajstić information content (AvgIpc) is 3.29. The lowest BCUT2D eigenvalue weighted by molar-refractivity contribution is 0.0237. The van der Waals surface area contributed by atoms with E-state index in [0.29, 0.717) is 36.6 Å². The summed E-state index contributed by atoms with van der Waals surface area (Å²) in [6.07, 6.45) is 7.05. The summed E-state index contributed by atoms with van der Waals surface area (Å²) < 4.78 is 5.40. The first-order valence-electron chi connectivity index (χ1n) is 8.53. The van der Waals surface area contributed by atoms with Crippen LogP contribution in [0.4, 0.5) is 0 Å². The molecule has 0 aliphatic heterocycles. The number of aliphatic hydroxyl groups is 1. The molecule has 2 aromatic rings. The van der Waals surface area contributed by atoms with E-state index in [1.165, 1.54) is 6.39 Å². The second-order valence-electron chi connectivity index (χ2n) is 6.83. The first-order valence-corrected chi connectivity index (χ1v) is 8.53. The Bertz CT molecular complexity index is 705.